The predicted molar refractivity (Wildman–Crippen MR) is 104 cm³/mol. The normalized spacial score (nSPS) is 12.3. The molecule has 2 heterocycles. The lowest BCUT2D eigenvalue weighted by atomic mass is 10.3. The first kappa shape index (κ1) is 20.4. The van der Waals surface area contributed by atoms with Crippen molar-refractivity contribution < 1.29 is 26.8 Å². The molecule has 0 aliphatic carbocycles. The topological polar surface area (TPSA) is 119 Å². The number of hydrogen-bond donors (Lipinski definition) is 2. The second kappa shape index (κ2) is 9.24. The molecule has 0 saturated carbocycles. The Morgan fingerprint density at radius 2 is 1.55 bits per heavy atom. The lowest BCUT2D eigenvalue weighted by Crippen LogP contribution is -2.42. The van der Waals surface area contributed by atoms with Gasteiger partial charge < -0.3 is 19.5 Å². The molecule has 9 heteroatoms. The number of amides is 2. The SMILES string of the molecule is O=C(NCCc1ccco1)C(=O)NCC(c1ccco1)S(=O)(=O)c1ccccc1. The summed E-state index contributed by atoms with van der Waals surface area (Å²) in [6, 6.07) is 14.4. The molecule has 0 spiro atoms. The predicted octanol–water partition coefficient (Wildman–Crippen LogP) is 1.86. The molecule has 0 aliphatic rings. The molecular weight excluding hydrogens is 396 g/mol. The lowest BCUT2D eigenvalue weighted by Gasteiger charge is -2.16. The van der Waals surface area contributed by atoms with Gasteiger partial charge in [-0.25, -0.2) is 8.42 Å². The summed E-state index contributed by atoms with van der Waals surface area (Å²) in [6.45, 7) is -0.0983. The molecule has 3 aromatic rings. The summed E-state index contributed by atoms with van der Waals surface area (Å²) in [7, 11) is -3.84. The van der Waals surface area contributed by atoms with Gasteiger partial charge in [-0.1, -0.05) is 18.2 Å². The number of furan rings is 2. The Bertz CT molecular complexity index is 1030. The van der Waals surface area contributed by atoms with Crippen LogP contribution in [0.1, 0.15) is 16.8 Å². The molecule has 1 unspecified atom stereocenters. The maximum atomic E-state index is 13.0. The number of carbonyl (C=O) groups is 2. The summed E-state index contributed by atoms with van der Waals surface area (Å²) in [4.78, 5) is 24.2. The fourth-order valence-corrected chi connectivity index (χ4v) is 4.32. The number of rotatable bonds is 8. The second-order valence-electron chi connectivity index (χ2n) is 6.16. The van der Waals surface area contributed by atoms with Crippen LogP contribution in [0.2, 0.25) is 0 Å². The number of nitrogens with one attached hydrogen (secondary N) is 2. The van der Waals surface area contributed by atoms with E-state index >= 15 is 0 Å². The van der Waals surface area contributed by atoms with E-state index in [0.29, 0.717) is 12.2 Å². The molecule has 29 heavy (non-hydrogen) atoms. The largest absolute Gasteiger partial charge is 0.469 e. The van der Waals surface area contributed by atoms with E-state index in [-0.39, 0.29) is 23.7 Å². The number of sulfone groups is 1. The van der Waals surface area contributed by atoms with E-state index in [9.17, 15) is 18.0 Å². The first-order valence-electron chi connectivity index (χ1n) is 8.89. The highest BCUT2D eigenvalue weighted by molar-refractivity contribution is 7.91. The van der Waals surface area contributed by atoms with Crippen LogP contribution in [-0.2, 0) is 25.8 Å². The zero-order valence-electron chi connectivity index (χ0n) is 15.4. The molecule has 152 valence electrons. The maximum absolute atomic E-state index is 13.0. The summed E-state index contributed by atoms with van der Waals surface area (Å²) < 4.78 is 36.4. The van der Waals surface area contributed by atoms with Crippen LogP contribution in [0.5, 0.6) is 0 Å². The van der Waals surface area contributed by atoms with Gasteiger partial charge in [0.05, 0.1) is 17.4 Å². The van der Waals surface area contributed by atoms with Crippen molar-refractivity contribution in [1.29, 1.82) is 0 Å². The molecule has 0 bridgehead atoms. The van der Waals surface area contributed by atoms with Crippen molar-refractivity contribution in [3.05, 3.63) is 78.6 Å². The Hall–Kier alpha value is -3.33. The Balaban J connectivity index is 1.63. The smallest absolute Gasteiger partial charge is 0.309 e. The summed E-state index contributed by atoms with van der Waals surface area (Å²) >= 11 is 0. The zero-order chi connectivity index (χ0) is 20.7. The van der Waals surface area contributed by atoms with E-state index in [4.69, 9.17) is 8.83 Å². The van der Waals surface area contributed by atoms with E-state index in [1.54, 1.807) is 36.4 Å². The highest BCUT2D eigenvalue weighted by Gasteiger charge is 2.32. The molecule has 0 saturated heterocycles. The number of hydrogen-bond acceptors (Lipinski definition) is 6. The Morgan fingerprint density at radius 3 is 2.21 bits per heavy atom. The van der Waals surface area contributed by atoms with Crippen molar-refractivity contribution in [3.63, 3.8) is 0 Å². The number of carbonyl (C=O) groups excluding carboxylic acids is 2. The van der Waals surface area contributed by atoms with Gasteiger partial charge in [0.1, 0.15) is 16.8 Å². The average molecular weight is 416 g/mol. The maximum Gasteiger partial charge on any atom is 0.309 e. The number of benzene rings is 1. The van der Waals surface area contributed by atoms with Crippen molar-refractivity contribution in [3.8, 4) is 0 Å². The highest BCUT2D eigenvalue weighted by atomic mass is 32.2. The Morgan fingerprint density at radius 1 is 0.862 bits per heavy atom. The van der Waals surface area contributed by atoms with Crippen molar-refractivity contribution in [2.24, 2.45) is 0 Å². The van der Waals surface area contributed by atoms with Crippen LogP contribution < -0.4 is 10.6 Å². The fourth-order valence-electron chi connectivity index (χ4n) is 2.71. The van der Waals surface area contributed by atoms with Gasteiger partial charge in [-0.05, 0) is 36.4 Å². The van der Waals surface area contributed by atoms with E-state index in [0.717, 1.165) is 0 Å². The minimum atomic E-state index is -3.84. The molecule has 2 N–H and O–H groups in total. The van der Waals surface area contributed by atoms with Crippen LogP contribution in [0, 0.1) is 0 Å². The summed E-state index contributed by atoms with van der Waals surface area (Å²) in [5.74, 6) is -0.930. The Labute approximate surface area is 167 Å². The Kier molecular flexibility index (Phi) is 6.50. The summed E-state index contributed by atoms with van der Waals surface area (Å²) in [6.07, 6.45) is 3.31. The van der Waals surface area contributed by atoms with Gasteiger partial charge >= 0.3 is 11.8 Å². The highest BCUT2D eigenvalue weighted by Crippen LogP contribution is 2.28. The first-order valence-corrected chi connectivity index (χ1v) is 10.4. The standard InChI is InChI=1S/C20H20N2O6S/c23-19(21-11-10-15-6-4-12-27-15)20(24)22-14-18(17-9-5-13-28-17)29(25,26)16-7-2-1-3-8-16/h1-9,12-13,18H,10-11,14H2,(H,21,23)(H,22,24). The van der Waals surface area contributed by atoms with Crippen LogP contribution in [0.15, 0.2) is 80.9 Å². The van der Waals surface area contributed by atoms with Crippen molar-refractivity contribution in [1.82, 2.24) is 10.6 Å². The van der Waals surface area contributed by atoms with Crippen LogP contribution in [0.25, 0.3) is 0 Å². The monoisotopic (exact) mass is 416 g/mol. The third-order valence-electron chi connectivity index (χ3n) is 4.20. The van der Waals surface area contributed by atoms with Gasteiger partial charge in [-0.15, -0.1) is 0 Å². The zero-order valence-corrected chi connectivity index (χ0v) is 16.2. The first-order chi connectivity index (χ1) is 14.0. The third kappa shape index (κ3) is 5.14. The van der Waals surface area contributed by atoms with Crippen molar-refractivity contribution >= 4 is 21.7 Å². The summed E-state index contributed by atoms with van der Waals surface area (Å²) in [5.41, 5.74) is 0. The summed E-state index contributed by atoms with van der Waals surface area (Å²) in [5, 5.41) is 3.68. The van der Waals surface area contributed by atoms with Gasteiger partial charge in [-0.2, -0.15) is 0 Å². The van der Waals surface area contributed by atoms with E-state index in [2.05, 4.69) is 10.6 Å². The van der Waals surface area contributed by atoms with E-state index in [1.807, 2.05) is 0 Å². The van der Waals surface area contributed by atoms with E-state index in [1.165, 1.54) is 30.7 Å². The molecule has 0 fully saturated rings. The fraction of sp³-hybridized carbons (Fsp3) is 0.200. The molecular formula is C20H20N2O6S. The minimum absolute atomic E-state index is 0.0959. The molecule has 2 aromatic heterocycles. The molecule has 3 rings (SSSR count). The van der Waals surface area contributed by atoms with Gasteiger partial charge in [-0.3, -0.25) is 9.59 Å². The molecule has 8 nitrogen and oxygen atoms in total. The lowest BCUT2D eigenvalue weighted by molar-refractivity contribution is -0.139. The van der Waals surface area contributed by atoms with Gasteiger partial charge in [0.25, 0.3) is 0 Å². The molecule has 1 aromatic carbocycles. The van der Waals surface area contributed by atoms with Crippen LogP contribution in [-0.4, -0.2) is 33.3 Å². The van der Waals surface area contributed by atoms with Gasteiger partial charge in [0.2, 0.25) is 0 Å². The van der Waals surface area contributed by atoms with Crippen molar-refractivity contribution in [2.75, 3.05) is 13.1 Å². The molecule has 1 atom stereocenters. The van der Waals surface area contributed by atoms with E-state index < -0.39 is 26.9 Å². The quantitative estimate of drug-likeness (QED) is 0.541. The van der Waals surface area contributed by atoms with Gasteiger partial charge in [0, 0.05) is 19.5 Å². The van der Waals surface area contributed by atoms with Crippen LogP contribution in [0.3, 0.4) is 0 Å². The average Bonchev–Trinajstić information content (AvgIpc) is 3.43. The van der Waals surface area contributed by atoms with Crippen LogP contribution >= 0.6 is 0 Å². The minimum Gasteiger partial charge on any atom is -0.469 e. The third-order valence-corrected chi connectivity index (χ3v) is 6.28. The molecule has 0 aliphatic heterocycles. The van der Waals surface area contributed by atoms with Crippen LogP contribution in [0.4, 0.5) is 0 Å². The molecule has 2 amide bonds. The molecule has 0 radical (unpaired) electrons. The van der Waals surface area contributed by atoms with Gasteiger partial charge in [0.15, 0.2) is 9.84 Å². The van der Waals surface area contributed by atoms with Crippen molar-refractivity contribution in [2.45, 2.75) is 16.6 Å². The second-order valence-corrected chi connectivity index (χ2v) is 8.29.